The highest BCUT2D eigenvalue weighted by Crippen LogP contribution is 2.54. The maximum absolute atomic E-state index is 13.4. The number of likely N-dealkylation sites (N-methyl/N-ethyl adjacent to an activating group) is 1. The molecule has 0 saturated heterocycles. The minimum Gasteiger partial charge on any atom is -0.316 e. The minimum atomic E-state index is -0.325. The van der Waals surface area contributed by atoms with Crippen LogP contribution >= 0.6 is 11.6 Å². The molecule has 1 aromatic carbocycles. The molecule has 2 rings (SSSR count). The van der Waals surface area contributed by atoms with Crippen LogP contribution in [0.2, 0.25) is 5.02 Å². The highest BCUT2D eigenvalue weighted by molar-refractivity contribution is 6.31. The summed E-state index contributed by atoms with van der Waals surface area (Å²) in [5, 5.41) is 3.60. The van der Waals surface area contributed by atoms with Gasteiger partial charge in [-0.15, -0.1) is 0 Å². The third-order valence-corrected chi connectivity index (χ3v) is 4.34. The number of hydrogen-bond acceptors (Lipinski definition) is 1. The van der Waals surface area contributed by atoms with Crippen LogP contribution in [0.25, 0.3) is 0 Å². The first-order valence-corrected chi connectivity index (χ1v) is 6.43. The molecule has 3 heteroatoms. The lowest BCUT2D eigenvalue weighted by molar-refractivity contribution is 0.425. The Bertz CT molecular complexity index is 417. The van der Waals surface area contributed by atoms with E-state index < -0.39 is 0 Å². The Balaban J connectivity index is 2.11. The van der Waals surface area contributed by atoms with Crippen LogP contribution in [0.1, 0.15) is 25.8 Å². The van der Waals surface area contributed by atoms with Gasteiger partial charge in [-0.1, -0.05) is 37.6 Å². The fourth-order valence-corrected chi connectivity index (χ4v) is 2.79. The summed E-state index contributed by atoms with van der Waals surface area (Å²) in [5.41, 5.74) is 1.31. The van der Waals surface area contributed by atoms with Crippen molar-refractivity contribution in [2.24, 2.45) is 11.3 Å². The van der Waals surface area contributed by atoms with Crippen molar-refractivity contribution in [3.05, 3.63) is 34.6 Å². The average molecular weight is 256 g/mol. The molecule has 0 bridgehead atoms. The molecule has 1 aromatic rings. The van der Waals surface area contributed by atoms with Crippen LogP contribution in [-0.4, -0.2) is 13.1 Å². The third-order valence-electron chi connectivity index (χ3n) is 3.92. The van der Waals surface area contributed by atoms with E-state index in [9.17, 15) is 4.39 Å². The van der Waals surface area contributed by atoms with Gasteiger partial charge in [0, 0.05) is 6.04 Å². The predicted octanol–water partition coefficient (Wildman–Crippen LogP) is 3.66. The molecule has 1 nitrogen and oxygen atoms in total. The number of hydrogen-bond donors (Lipinski definition) is 1. The second-order valence-electron chi connectivity index (χ2n) is 5.61. The van der Waals surface area contributed by atoms with Gasteiger partial charge in [0.15, 0.2) is 0 Å². The topological polar surface area (TPSA) is 12.0 Å². The summed E-state index contributed by atoms with van der Waals surface area (Å²) in [6.45, 7) is 4.55. The first kappa shape index (κ1) is 12.8. The van der Waals surface area contributed by atoms with Crippen LogP contribution in [0.3, 0.4) is 0 Å². The molecule has 94 valence electrons. The van der Waals surface area contributed by atoms with E-state index in [1.54, 1.807) is 6.07 Å². The largest absolute Gasteiger partial charge is 0.316 e. The first-order valence-electron chi connectivity index (χ1n) is 6.06. The van der Waals surface area contributed by atoms with Crippen LogP contribution in [0.5, 0.6) is 0 Å². The number of benzene rings is 1. The second-order valence-corrected chi connectivity index (χ2v) is 5.99. The van der Waals surface area contributed by atoms with E-state index in [1.165, 1.54) is 12.5 Å². The van der Waals surface area contributed by atoms with Crippen molar-refractivity contribution in [1.82, 2.24) is 5.32 Å². The Kier molecular flexibility index (Phi) is 3.46. The van der Waals surface area contributed by atoms with Crippen molar-refractivity contribution < 1.29 is 4.39 Å². The lowest BCUT2D eigenvalue weighted by atomic mass is 9.97. The fraction of sp³-hybridized carbons (Fsp3) is 0.571. The standard InChI is InChI=1S/C14H19ClFN/c1-14(2)8-10(14)12(17-3)7-9-5-4-6-11(16)13(9)15/h4-6,10,12,17H,7-8H2,1-3H3. The van der Waals surface area contributed by atoms with Gasteiger partial charge in [-0.2, -0.15) is 0 Å². The van der Waals surface area contributed by atoms with E-state index in [4.69, 9.17) is 11.6 Å². The Hall–Kier alpha value is -0.600. The quantitative estimate of drug-likeness (QED) is 0.866. The Morgan fingerprint density at radius 2 is 2.18 bits per heavy atom. The van der Waals surface area contributed by atoms with Gasteiger partial charge in [0.25, 0.3) is 0 Å². The monoisotopic (exact) mass is 255 g/mol. The molecule has 2 atom stereocenters. The molecule has 1 aliphatic carbocycles. The maximum Gasteiger partial charge on any atom is 0.142 e. The second kappa shape index (κ2) is 4.58. The summed E-state index contributed by atoms with van der Waals surface area (Å²) in [4.78, 5) is 0. The van der Waals surface area contributed by atoms with Gasteiger partial charge in [0.05, 0.1) is 5.02 Å². The smallest absolute Gasteiger partial charge is 0.142 e. The highest BCUT2D eigenvalue weighted by Gasteiger charge is 2.49. The van der Waals surface area contributed by atoms with E-state index in [1.807, 2.05) is 13.1 Å². The summed E-state index contributed by atoms with van der Waals surface area (Å²) in [5.74, 6) is 0.334. The van der Waals surface area contributed by atoms with Crippen LogP contribution in [-0.2, 0) is 6.42 Å². The van der Waals surface area contributed by atoms with Gasteiger partial charge in [0.2, 0.25) is 0 Å². The minimum absolute atomic E-state index is 0.270. The molecular weight excluding hydrogens is 237 g/mol. The molecule has 1 aliphatic rings. The Labute approximate surface area is 107 Å². The first-order chi connectivity index (χ1) is 7.95. The van der Waals surface area contributed by atoms with Gasteiger partial charge >= 0.3 is 0 Å². The zero-order chi connectivity index (χ0) is 12.6. The van der Waals surface area contributed by atoms with Crippen LogP contribution in [0, 0.1) is 17.2 Å². The van der Waals surface area contributed by atoms with Gasteiger partial charge in [-0.3, -0.25) is 0 Å². The highest BCUT2D eigenvalue weighted by atomic mass is 35.5. The van der Waals surface area contributed by atoms with Crippen molar-refractivity contribution in [2.75, 3.05) is 7.05 Å². The molecule has 0 aliphatic heterocycles. The zero-order valence-electron chi connectivity index (χ0n) is 10.6. The van der Waals surface area contributed by atoms with E-state index in [-0.39, 0.29) is 10.8 Å². The summed E-state index contributed by atoms with van der Waals surface area (Å²) < 4.78 is 13.4. The predicted molar refractivity (Wildman–Crippen MR) is 69.8 cm³/mol. The molecule has 0 radical (unpaired) electrons. The SMILES string of the molecule is CNC(Cc1cccc(F)c1Cl)C1CC1(C)C. The van der Waals surface area contributed by atoms with Crippen molar-refractivity contribution in [1.29, 1.82) is 0 Å². The molecule has 0 amide bonds. The number of rotatable bonds is 4. The maximum atomic E-state index is 13.4. The molecule has 1 fully saturated rings. The lowest BCUT2D eigenvalue weighted by Gasteiger charge is -2.18. The van der Waals surface area contributed by atoms with Crippen molar-refractivity contribution in [3.63, 3.8) is 0 Å². The summed E-state index contributed by atoms with van der Waals surface area (Å²) >= 11 is 5.99. The van der Waals surface area contributed by atoms with Crippen LogP contribution in [0.4, 0.5) is 4.39 Å². The fourth-order valence-electron chi connectivity index (χ4n) is 2.58. The number of nitrogens with one attached hydrogen (secondary N) is 1. The van der Waals surface area contributed by atoms with Crippen LogP contribution in [0.15, 0.2) is 18.2 Å². The van der Waals surface area contributed by atoms with Gasteiger partial charge in [0.1, 0.15) is 5.82 Å². The molecular formula is C14H19ClFN. The number of halogens is 2. The summed E-state index contributed by atoms with van der Waals surface area (Å²) in [6.07, 6.45) is 2.02. The van der Waals surface area contributed by atoms with Gasteiger partial charge < -0.3 is 5.32 Å². The zero-order valence-corrected chi connectivity index (χ0v) is 11.3. The van der Waals surface area contributed by atoms with Crippen molar-refractivity contribution in [3.8, 4) is 0 Å². The van der Waals surface area contributed by atoms with Gasteiger partial charge in [-0.25, -0.2) is 4.39 Å². The van der Waals surface area contributed by atoms with Crippen molar-refractivity contribution in [2.45, 2.75) is 32.7 Å². The molecule has 2 unspecified atom stereocenters. The molecule has 17 heavy (non-hydrogen) atoms. The van der Waals surface area contributed by atoms with Crippen molar-refractivity contribution >= 4 is 11.6 Å². The normalized spacial score (nSPS) is 23.5. The average Bonchev–Trinajstić information content (AvgIpc) is 2.90. The van der Waals surface area contributed by atoms with E-state index >= 15 is 0 Å². The molecule has 1 saturated carbocycles. The van der Waals surface area contributed by atoms with Gasteiger partial charge in [-0.05, 0) is 42.9 Å². The Morgan fingerprint density at radius 3 is 2.71 bits per heavy atom. The third kappa shape index (κ3) is 2.63. The van der Waals surface area contributed by atoms with E-state index in [2.05, 4.69) is 19.2 Å². The lowest BCUT2D eigenvalue weighted by Crippen LogP contribution is -2.31. The summed E-state index contributed by atoms with van der Waals surface area (Å²) in [6, 6.07) is 5.41. The molecule has 0 spiro atoms. The Morgan fingerprint density at radius 1 is 1.53 bits per heavy atom. The summed E-state index contributed by atoms with van der Waals surface area (Å²) in [7, 11) is 1.96. The molecule has 0 heterocycles. The van der Waals surface area contributed by atoms with Crippen LogP contribution < -0.4 is 5.32 Å². The van der Waals surface area contributed by atoms with E-state index in [0.717, 1.165) is 12.0 Å². The molecule has 1 N–H and O–H groups in total. The molecule has 0 aromatic heterocycles. The van der Waals surface area contributed by atoms with E-state index in [0.29, 0.717) is 17.4 Å².